The summed E-state index contributed by atoms with van der Waals surface area (Å²) in [5.74, 6) is 1.47. The molecule has 4 rings (SSSR count). The van der Waals surface area contributed by atoms with Crippen molar-refractivity contribution in [3.8, 4) is 0 Å². The number of nitrogens with one attached hydrogen (secondary N) is 1. The first-order valence-corrected chi connectivity index (χ1v) is 9.63. The Bertz CT molecular complexity index is 1040. The third kappa shape index (κ3) is 4.96. The van der Waals surface area contributed by atoms with Crippen LogP contribution in [0.3, 0.4) is 0 Å². The second-order valence-corrected chi connectivity index (χ2v) is 6.81. The first-order chi connectivity index (χ1) is 14.3. The molecule has 2 aromatic carbocycles. The maximum absolute atomic E-state index is 4.80. The normalized spacial score (nSPS) is 10.5. The molecule has 0 radical (unpaired) electrons. The summed E-state index contributed by atoms with van der Waals surface area (Å²) in [6.45, 7) is 3.34. The Balaban J connectivity index is 1.64. The minimum atomic E-state index is 0.609. The largest absolute Gasteiger partial charge is 0.350 e. The van der Waals surface area contributed by atoms with Crippen molar-refractivity contribution in [2.75, 3.05) is 10.2 Å². The fraction of sp³-hybridized carbons (Fsp3) is 0.125. The molecule has 0 aliphatic rings. The van der Waals surface area contributed by atoms with Gasteiger partial charge in [0.05, 0.1) is 0 Å². The molecule has 0 saturated carbocycles. The molecule has 0 aliphatic heterocycles. The highest BCUT2D eigenvalue weighted by Crippen LogP contribution is 2.27. The van der Waals surface area contributed by atoms with E-state index in [4.69, 9.17) is 4.98 Å². The first kappa shape index (κ1) is 18.6. The molecule has 5 heteroatoms. The molecule has 2 aromatic heterocycles. The van der Waals surface area contributed by atoms with Crippen molar-refractivity contribution in [2.45, 2.75) is 20.0 Å². The van der Waals surface area contributed by atoms with E-state index in [1.807, 2.05) is 55.6 Å². The zero-order valence-electron chi connectivity index (χ0n) is 16.4. The number of nitrogens with zero attached hydrogens (tertiary/aromatic N) is 4. The van der Waals surface area contributed by atoms with Crippen LogP contribution in [-0.4, -0.2) is 15.0 Å². The number of hydrogen-bond acceptors (Lipinski definition) is 5. The molecule has 0 amide bonds. The SMILES string of the molecule is Cc1cc(N(Cc2ccccc2)c2ccccc2)nc(NCc2cccnc2)n1. The second-order valence-electron chi connectivity index (χ2n) is 6.81. The number of rotatable bonds is 7. The minimum absolute atomic E-state index is 0.609. The van der Waals surface area contributed by atoms with Gasteiger partial charge in [0, 0.05) is 42.9 Å². The Morgan fingerprint density at radius 2 is 1.55 bits per heavy atom. The lowest BCUT2D eigenvalue weighted by Gasteiger charge is -2.25. The average Bonchev–Trinajstić information content (AvgIpc) is 2.78. The van der Waals surface area contributed by atoms with Gasteiger partial charge in [0.2, 0.25) is 5.95 Å². The van der Waals surface area contributed by atoms with Gasteiger partial charge in [0.15, 0.2) is 0 Å². The van der Waals surface area contributed by atoms with Crippen molar-refractivity contribution < 1.29 is 0 Å². The third-order valence-electron chi connectivity index (χ3n) is 4.54. The molecule has 0 saturated heterocycles. The van der Waals surface area contributed by atoms with Crippen molar-refractivity contribution in [3.05, 3.63) is 108 Å². The number of hydrogen-bond donors (Lipinski definition) is 1. The molecule has 0 bridgehead atoms. The fourth-order valence-electron chi connectivity index (χ4n) is 3.13. The molecule has 5 nitrogen and oxygen atoms in total. The molecular weight excluding hydrogens is 358 g/mol. The highest BCUT2D eigenvalue weighted by molar-refractivity contribution is 5.61. The van der Waals surface area contributed by atoms with Crippen LogP contribution < -0.4 is 10.2 Å². The van der Waals surface area contributed by atoms with Crippen molar-refractivity contribution in [3.63, 3.8) is 0 Å². The number of pyridine rings is 1. The number of aryl methyl sites for hydroxylation is 1. The van der Waals surface area contributed by atoms with Crippen molar-refractivity contribution >= 4 is 17.5 Å². The molecule has 0 fully saturated rings. The Morgan fingerprint density at radius 1 is 0.828 bits per heavy atom. The summed E-state index contributed by atoms with van der Waals surface area (Å²) in [6.07, 6.45) is 3.61. The van der Waals surface area contributed by atoms with Gasteiger partial charge in [-0.05, 0) is 36.2 Å². The van der Waals surface area contributed by atoms with E-state index in [0.717, 1.165) is 29.3 Å². The van der Waals surface area contributed by atoms with Gasteiger partial charge >= 0.3 is 0 Å². The quantitative estimate of drug-likeness (QED) is 0.481. The van der Waals surface area contributed by atoms with Crippen molar-refractivity contribution in [2.24, 2.45) is 0 Å². The average molecular weight is 381 g/mol. The molecule has 1 N–H and O–H groups in total. The minimum Gasteiger partial charge on any atom is -0.350 e. The van der Waals surface area contributed by atoms with Gasteiger partial charge in [-0.1, -0.05) is 54.6 Å². The van der Waals surface area contributed by atoms with E-state index in [-0.39, 0.29) is 0 Å². The van der Waals surface area contributed by atoms with Crippen LogP contribution in [0.5, 0.6) is 0 Å². The number of benzene rings is 2. The lowest BCUT2D eigenvalue weighted by atomic mass is 10.2. The van der Waals surface area contributed by atoms with Crippen LogP contribution in [0, 0.1) is 6.92 Å². The Hall–Kier alpha value is -3.73. The molecule has 0 spiro atoms. The van der Waals surface area contributed by atoms with E-state index in [2.05, 4.69) is 56.6 Å². The van der Waals surface area contributed by atoms with Gasteiger partial charge in [0.1, 0.15) is 5.82 Å². The first-order valence-electron chi connectivity index (χ1n) is 9.63. The van der Waals surface area contributed by atoms with Crippen molar-refractivity contribution in [1.29, 1.82) is 0 Å². The molecule has 2 heterocycles. The lowest BCUT2D eigenvalue weighted by Crippen LogP contribution is -2.19. The van der Waals surface area contributed by atoms with Crippen LogP contribution in [0.4, 0.5) is 17.5 Å². The van der Waals surface area contributed by atoms with Crippen LogP contribution in [0.25, 0.3) is 0 Å². The maximum atomic E-state index is 4.80. The van der Waals surface area contributed by atoms with E-state index in [1.54, 1.807) is 6.20 Å². The zero-order chi connectivity index (χ0) is 19.9. The summed E-state index contributed by atoms with van der Waals surface area (Å²) < 4.78 is 0. The standard InChI is InChI=1S/C24H23N5/c1-19-15-23(28-24(27-19)26-17-21-11-8-14-25-16-21)29(22-12-6-3-7-13-22)18-20-9-4-2-5-10-20/h2-16H,17-18H2,1H3,(H,26,27,28). The number of para-hydroxylation sites is 1. The summed E-state index contributed by atoms with van der Waals surface area (Å²) in [7, 11) is 0. The van der Waals surface area contributed by atoms with Gasteiger partial charge in [-0.3, -0.25) is 4.98 Å². The van der Waals surface area contributed by atoms with Crippen LogP contribution in [0.1, 0.15) is 16.8 Å². The molecule has 0 aliphatic carbocycles. The van der Waals surface area contributed by atoms with E-state index >= 15 is 0 Å². The maximum Gasteiger partial charge on any atom is 0.225 e. The van der Waals surface area contributed by atoms with Gasteiger partial charge in [-0.15, -0.1) is 0 Å². The van der Waals surface area contributed by atoms with Crippen molar-refractivity contribution in [1.82, 2.24) is 15.0 Å². The summed E-state index contributed by atoms with van der Waals surface area (Å²) >= 11 is 0. The number of anilines is 3. The van der Waals surface area contributed by atoms with E-state index in [9.17, 15) is 0 Å². The molecule has 0 unspecified atom stereocenters. The number of aromatic nitrogens is 3. The highest BCUT2D eigenvalue weighted by atomic mass is 15.2. The van der Waals surface area contributed by atoms with E-state index in [0.29, 0.717) is 12.5 Å². The Morgan fingerprint density at radius 3 is 2.28 bits per heavy atom. The van der Waals surface area contributed by atoms with Crippen LogP contribution in [0.2, 0.25) is 0 Å². The monoisotopic (exact) mass is 381 g/mol. The van der Waals surface area contributed by atoms with Gasteiger partial charge in [0.25, 0.3) is 0 Å². The smallest absolute Gasteiger partial charge is 0.225 e. The Kier molecular flexibility index (Phi) is 5.76. The molecule has 0 atom stereocenters. The van der Waals surface area contributed by atoms with Gasteiger partial charge < -0.3 is 10.2 Å². The predicted molar refractivity (Wildman–Crippen MR) is 117 cm³/mol. The molecule has 29 heavy (non-hydrogen) atoms. The molecule has 4 aromatic rings. The van der Waals surface area contributed by atoms with Crippen LogP contribution >= 0.6 is 0 Å². The zero-order valence-corrected chi connectivity index (χ0v) is 16.4. The second kappa shape index (κ2) is 8.97. The topological polar surface area (TPSA) is 53.9 Å². The molecular formula is C24H23N5. The summed E-state index contributed by atoms with van der Waals surface area (Å²) in [5.41, 5.74) is 4.31. The summed E-state index contributed by atoms with van der Waals surface area (Å²) in [4.78, 5) is 15.7. The summed E-state index contributed by atoms with van der Waals surface area (Å²) in [6, 6.07) is 26.7. The van der Waals surface area contributed by atoms with E-state index in [1.165, 1.54) is 5.56 Å². The summed E-state index contributed by atoms with van der Waals surface area (Å²) in [5, 5.41) is 3.32. The Labute approximate surface area is 171 Å². The van der Waals surface area contributed by atoms with Crippen LogP contribution in [0.15, 0.2) is 91.3 Å². The fourth-order valence-corrected chi connectivity index (χ4v) is 3.13. The van der Waals surface area contributed by atoms with Crippen LogP contribution in [-0.2, 0) is 13.1 Å². The third-order valence-corrected chi connectivity index (χ3v) is 4.54. The van der Waals surface area contributed by atoms with E-state index < -0.39 is 0 Å². The molecule has 144 valence electrons. The van der Waals surface area contributed by atoms with Gasteiger partial charge in [-0.25, -0.2) is 4.98 Å². The van der Waals surface area contributed by atoms with Gasteiger partial charge in [-0.2, -0.15) is 4.98 Å². The lowest BCUT2D eigenvalue weighted by molar-refractivity contribution is 0.925. The predicted octanol–water partition coefficient (Wildman–Crippen LogP) is 5.13. The highest BCUT2D eigenvalue weighted by Gasteiger charge is 2.14.